The van der Waals surface area contributed by atoms with Crippen molar-refractivity contribution < 1.29 is 26.7 Å². The quantitative estimate of drug-likeness (QED) is 0.541. The summed E-state index contributed by atoms with van der Waals surface area (Å²) in [6.45, 7) is 0. The Morgan fingerprint density at radius 2 is 1.54 bits per heavy atom. The van der Waals surface area contributed by atoms with Gasteiger partial charge in [-0.2, -0.15) is 25.9 Å². The van der Waals surface area contributed by atoms with Crippen molar-refractivity contribution in [3.8, 4) is 0 Å². The lowest BCUT2D eigenvalue weighted by Gasteiger charge is -2.18. The first-order valence-electron chi connectivity index (χ1n) is 2.67. The molecule has 0 heterocycles. The van der Waals surface area contributed by atoms with Crippen molar-refractivity contribution in [1.82, 2.24) is 3.94 Å². The largest absolute Gasteiger partial charge is 0.453 e. The first-order chi connectivity index (χ1) is 5.58. The van der Waals surface area contributed by atoms with E-state index in [0.717, 1.165) is 0 Å². The van der Waals surface area contributed by atoms with E-state index in [9.17, 15) is 26.7 Å². The van der Waals surface area contributed by atoms with E-state index >= 15 is 0 Å². The van der Waals surface area contributed by atoms with Gasteiger partial charge in [0.2, 0.25) is 0 Å². The van der Waals surface area contributed by atoms with Gasteiger partial charge in [0.05, 0.1) is 0 Å². The Kier molecular flexibility index (Phi) is 3.74. The molecule has 1 amide bonds. The van der Waals surface area contributed by atoms with E-state index in [-0.39, 0.29) is 3.94 Å². The summed E-state index contributed by atoms with van der Waals surface area (Å²) >= 11 is 9.27. The number of hydrogen-bond donors (Lipinski definition) is 0. The van der Waals surface area contributed by atoms with Gasteiger partial charge in [0, 0.05) is 23.6 Å². The molecule has 2 nitrogen and oxygen atoms in total. The summed E-state index contributed by atoms with van der Waals surface area (Å²) in [5.41, 5.74) is 0. The molecule has 0 unspecified atom stereocenters. The van der Waals surface area contributed by atoms with Crippen molar-refractivity contribution in [1.29, 1.82) is 0 Å². The van der Waals surface area contributed by atoms with Crippen molar-refractivity contribution in [2.24, 2.45) is 0 Å². The van der Waals surface area contributed by atoms with E-state index in [4.69, 9.17) is 0 Å². The van der Waals surface area contributed by atoms with Gasteiger partial charge in [-0.05, 0) is 0 Å². The molecular formula is C4H2Cl2F5NO. The van der Waals surface area contributed by atoms with E-state index in [1.54, 1.807) is 0 Å². The van der Waals surface area contributed by atoms with Crippen LogP contribution in [0.2, 0.25) is 0 Å². The number of rotatable bonds is 2. The highest BCUT2D eigenvalue weighted by Gasteiger charge is 2.58. The van der Waals surface area contributed by atoms with Crippen LogP contribution in [0.15, 0.2) is 0 Å². The van der Waals surface area contributed by atoms with Gasteiger partial charge in [-0.3, -0.25) is 4.79 Å². The smallest absolute Gasteiger partial charge is 0.272 e. The summed E-state index contributed by atoms with van der Waals surface area (Å²) in [5, 5.41) is 0. The standard InChI is InChI=1S/C4H2Cl2F5NO/c5-12(6)2(13)1-3(7,8)4(9,10)11/h1H2. The maximum absolute atomic E-state index is 12.1. The normalized spacial score (nSPS) is 12.8. The number of carbonyl (C=O) groups excluding carboxylic acids is 1. The molecule has 13 heavy (non-hydrogen) atoms. The summed E-state index contributed by atoms with van der Waals surface area (Å²) in [4.78, 5) is 10.3. The average Bonchev–Trinajstić information content (AvgIpc) is 1.83. The van der Waals surface area contributed by atoms with Crippen molar-refractivity contribution in [2.75, 3.05) is 0 Å². The van der Waals surface area contributed by atoms with Crippen molar-refractivity contribution >= 4 is 29.5 Å². The topological polar surface area (TPSA) is 20.3 Å². The molecule has 0 aliphatic rings. The molecule has 0 N–H and O–H groups in total. The Hall–Kier alpha value is -0.300. The van der Waals surface area contributed by atoms with E-state index in [0.29, 0.717) is 0 Å². The molecule has 0 spiro atoms. The van der Waals surface area contributed by atoms with Gasteiger partial charge < -0.3 is 0 Å². The van der Waals surface area contributed by atoms with Crippen LogP contribution < -0.4 is 0 Å². The van der Waals surface area contributed by atoms with Gasteiger partial charge in [-0.1, -0.05) is 0 Å². The van der Waals surface area contributed by atoms with Crippen molar-refractivity contribution in [3.63, 3.8) is 0 Å². The number of amides is 1. The van der Waals surface area contributed by atoms with Crippen LogP contribution in [0.5, 0.6) is 0 Å². The van der Waals surface area contributed by atoms with Crippen LogP contribution in [0.4, 0.5) is 22.0 Å². The molecule has 0 aromatic heterocycles. The minimum absolute atomic E-state index is 0.375. The van der Waals surface area contributed by atoms with Crippen LogP contribution >= 0.6 is 23.6 Å². The molecule has 0 aromatic rings. The van der Waals surface area contributed by atoms with Gasteiger partial charge in [-0.15, -0.1) is 0 Å². The maximum Gasteiger partial charge on any atom is 0.453 e. The summed E-state index contributed by atoms with van der Waals surface area (Å²) in [6.07, 6.45) is -7.89. The Balaban J connectivity index is 4.44. The second-order valence-electron chi connectivity index (χ2n) is 2.01. The van der Waals surface area contributed by atoms with Crippen LogP contribution in [0, 0.1) is 0 Å². The molecular weight excluding hydrogens is 244 g/mol. The molecule has 0 radical (unpaired) electrons. The molecule has 0 aromatic carbocycles. The predicted molar refractivity (Wildman–Crippen MR) is 34.2 cm³/mol. The third kappa shape index (κ3) is 3.51. The number of nitrogens with zero attached hydrogens (tertiary/aromatic N) is 1. The number of hydrogen-bond acceptors (Lipinski definition) is 1. The van der Waals surface area contributed by atoms with E-state index in [1.807, 2.05) is 0 Å². The summed E-state index contributed by atoms with van der Waals surface area (Å²) < 4.78 is 58.1. The van der Waals surface area contributed by atoms with Gasteiger partial charge in [0.25, 0.3) is 5.91 Å². The summed E-state index contributed by atoms with van der Waals surface area (Å²) in [5.74, 6) is -6.85. The van der Waals surface area contributed by atoms with E-state index < -0.39 is 24.4 Å². The minimum Gasteiger partial charge on any atom is -0.272 e. The maximum atomic E-state index is 12.1. The molecule has 0 rings (SSSR count). The number of halogens is 7. The fourth-order valence-corrected chi connectivity index (χ4v) is 0.469. The molecule has 0 fully saturated rings. The first kappa shape index (κ1) is 12.7. The van der Waals surface area contributed by atoms with Gasteiger partial charge >= 0.3 is 12.1 Å². The molecule has 0 saturated carbocycles. The Morgan fingerprint density at radius 3 is 1.77 bits per heavy atom. The van der Waals surface area contributed by atoms with Crippen LogP contribution in [0.3, 0.4) is 0 Å². The highest BCUT2D eigenvalue weighted by molar-refractivity contribution is 6.41. The zero-order valence-corrected chi connectivity index (χ0v) is 7.22. The monoisotopic (exact) mass is 245 g/mol. The highest BCUT2D eigenvalue weighted by Crippen LogP contribution is 2.38. The molecule has 9 heteroatoms. The predicted octanol–water partition coefficient (Wildman–Crippen LogP) is 2.71. The Labute approximate surface area is 79.4 Å². The molecule has 78 valence electrons. The van der Waals surface area contributed by atoms with E-state index in [2.05, 4.69) is 23.6 Å². The van der Waals surface area contributed by atoms with Crippen molar-refractivity contribution in [2.45, 2.75) is 18.5 Å². The molecule has 0 bridgehead atoms. The fourth-order valence-electron chi connectivity index (χ4n) is 0.350. The summed E-state index contributed by atoms with van der Waals surface area (Å²) in [6, 6.07) is 0. The summed E-state index contributed by atoms with van der Waals surface area (Å²) in [7, 11) is 0. The molecule has 0 atom stereocenters. The second-order valence-corrected chi connectivity index (χ2v) is 2.85. The van der Waals surface area contributed by atoms with Crippen molar-refractivity contribution in [3.05, 3.63) is 0 Å². The third-order valence-electron chi connectivity index (χ3n) is 0.977. The first-order valence-corrected chi connectivity index (χ1v) is 3.34. The lowest BCUT2D eigenvalue weighted by Crippen LogP contribution is -2.39. The number of alkyl halides is 5. The van der Waals surface area contributed by atoms with Gasteiger partial charge in [-0.25, -0.2) is 0 Å². The van der Waals surface area contributed by atoms with Crippen LogP contribution in [-0.2, 0) is 4.79 Å². The fraction of sp³-hybridized carbons (Fsp3) is 0.750. The van der Waals surface area contributed by atoms with Gasteiger partial charge in [0.15, 0.2) is 0 Å². The molecule has 0 aliphatic carbocycles. The second kappa shape index (κ2) is 3.83. The SMILES string of the molecule is O=C(CC(F)(F)C(F)(F)F)N(Cl)Cl. The minimum atomic E-state index is -5.79. The average molecular weight is 246 g/mol. The Morgan fingerprint density at radius 1 is 1.15 bits per heavy atom. The zero-order valence-electron chi connectivity index (χ0n) is 5.71. The Bertz CT molecular complexity index is 203. The van der Waals surface area contributed by atoms with Crippen LogP contribution in [0.1, 0.15) is 6.42 Å². The number of carbonyl (C=O) groups is 1. The lowest BCUT2D eigenvalue weighted by atomic mass is 10.2. The third-order valence-corrected chi connectivity index (χ3v) is 1.35. The zero-order chi connectivity index (χ0) is 10.9. The lowest BCUT2D eigenvalue weighted by molar-refractivity contribution is -0.282. The van der Waals surface area contributed by atoms with E-state index in [1.165, 1.54) is 0 Å². The highest BCUT2D eigenvalue weighted by atomic mass is 35.5. The van der Waals surface area contributed by atoms with Crippen LogP contribution in [0.25, 0.3) is 0 Å². The van der Waals surface area contributed by atoms with Crippen LogP contribution in [-0.4, -0.2) is 21.9 Å². The van der Waals surface area contributed by atoms with Gasteiger partial charge in [0.1, 0.15) is 6.42 Å². The molecule has 0 saturated heterocycles. The molecule has 0 aliphatic heterocycles.